The number of amides is 1. The summed E-state index contributed by atoms with van der Waals surface area (Å²) in [7, 11) is 0. The van der Waals surface area contributed by atoms with E-state index in [2.05, 4.69) is 13.5 Å². The van der Waals surface area contributed by atoms with E-state index in [4.69, 9.17) is 4.74 Å². The van der Waals surface area contributed by atoms with Gasteiger partial charge in [0.25, 0.3) is 5.91 Å². The number of hydrogen-bond donors (Lipinski definition) is 1. The van der Waals surface area contributed by atoms with E-state index in [0.717, 1.165) is 29.2 Å². The number of carbonyl (C=O) groups excluding carboxylic acids is 1. The van der Waals surface area contributed by atoms with E-state index in [1.54, 1.807) is 17.0 Å². The zero-order valence-electron chi connectivity index (χ0n) is 13.3. The first-order chi connectivity index (χ1) is 11.2. The molecule has 0 aromatic heterocycles. The molecule has 120 valence electrons. The van der Waals surface area contributed by atoms with Crippen LogP contribution in [0.3, 0.4) is 0 Å². The van der Waals surface area contributed by atoms with Crippen LogP contribution in [-0.2, 0) is 0 Å². The zero-order valence-corrected chi connectivity index (χ0v) is 13.3. The van der Waals surface area contributed by atoms with Gasteiger partial charge in [0.15, 0.2) is 6.23 Å². The van der Waals surface area contributed by atoms with E-state index in [1.807, 2.05) is 24.3 Å². The van der Waals surface area contributed by atoms with Crippen molar-refractivity contribution in [3.05, 3.63) is 54.1 Å². The number of nitrogens with zero attached hydrogens (tertiary/aromatic N) is 1. The minimum atomic E-state index is -0.903. The second kappa shape index (κ2) is 6.42. The van der Waals surface area contributed by atoms with Gasteiger partial charge in [-0.15, -0.1) is 0 Å². The van der Waals surface area contributed by atoms with Crippen LogP contribution in [0.15, 0.2) is 43.0 Å². The van der Waals surface area contributed by atoms with E-state index in [1.165, 1.54) is 0 Å². The molecule has 2 aromatic carbocycles. The molecule has 1 aliphatic heterocycles. The lowest BCUT2D eigenvalue weighted by molar-refractivity contribution is 0.00439. The lowest BCUT2D eigenvalue weighted by Gasteiger charge is -2.34. The van der Waals surface area contributed by atoms with Crippen molar-refractivity contribution in [2.75, 3.05) is 13.2 Å². The van der Waals surface area contributed by atoms with Gasteiger partial charge in [0, 0.05) is 28.4 Å². The maximum absolute atomic E-state index is 12.8. The van der Waals surface area contributed by atoms with Crippen LogP contribution in [0, 0.1) is 0 Å². The summed E-state index contributed by atoms with van der Waals surface area (Å²) >= 11 is 0. The van der Waals surface area contributed by atoms with Crippen molar-refractivity contribution >= 4 is 16.7 Å². The molecule has 1 amide bonds. The average Bonchev–Trinajstić information content (AvgIpc) is 2.58. The molecule has 4 heteroatoms. The molecule has 0 saturated heterocycles. The number of unbranched alkanes of at least 4 members (excludes halogenated alkanes) is 1. The maximum atomic E-state index is 12.8. The first kappa shape index (κ1) is 15.6. The zero-order chi connectivity index (χ0) is 16.4. The number of rotatable bonds is 6. The lowest BCUT2D eigenvalue weighted by atomic mass is 9.92. The molecule has 0 spiro atoms. The third kappa shape index (κ3) is 2.59. The smallest absolute Gasteiger partial charge is 0.256 e. The largest absolute Gasteiger partial charge is 0.489 e. The Balaban J connectivity index is 2.13. The fourth-order valence-electron chi connectivity index (χ4n) is 3.06. The molecule has 1 N–H and O–H groups in total. The Morgan fingerprint density at radius 1 is 1.35 bits per heavy atom. The van der Waals surface area contributed by atoms with Gasteiger partial charge in [-0.1, -0.05) is 44.2 Å². The van der Waals surface area contributed by atoms with Gasteiger partial charge in [0.1, 0.15) is 12.4 Å². The Hall–Kier alpha value is -2.33. The predicted octanol–water partition coefficient (Wildman–Crippen LogP) is 3.65. The summed E-state index contributed by atoms with van der Waals surface area (Å²) in [5.74, 6) is 0.581. The number of benzene rings is 2. The molecule has 0 aliphatic carbocycles. The molecular weight excluding hydrogens is 290 g/mol. The minimum Gasteiger partial charge on any atom is -0.489 e. The fraction of sp³-hybridized carbons (Fsp3) is 0.316. The highest BCUT2D eigenvalue weighted by Crippen LogP contribution is 2.39. The Bertz CT molecular complexity index is 754. The van der Waals surface area contributed by atoms with Gasteiger partial charge < -0.3 is 14.7 Å². The highest BCUT2D eigenvalue weighted by molar-refractivity contribution is 6.11. The predicted molar refractivity (Wildman–Crippen MR) is 90.5 cm³/mol. The van der Waals surface area contributed by atoms with Crippen LogP contribution in [0.5, 0.6) is 5.75 Å². The lowest BCUT2D eigenvalue weighted by Crippen LogP contribution is -2.38. The molecule has 1 unspecified atom stereocenters. The standard InChI is InChI=1S/C19H21NO3/c1-3-5-11-20-18(21)14-8-6-7-13-16(23-12-4-2)10-9-15(17(13)14)19(20)22/h4,6-10,18,21H,2-3,5,11-12H2,1H3. The molecule has 0 bridgehead atoms. The topological polar surface area (TPSA) is 49.8 Å². The molecule has 0 radical (unpaired) electrons. The second-order valence-electron chi connectivity index (χ2n) is 5.71. The quantitative estimate of drug-likeness (QED) is 0.828. The number of ether oxygens (including phenoxy) is 1. The molecule has 0 saturated carbocycles. The molecule has 23 heavy (non-hydrogen) atoms. The van der Waals surface area contributed by atoms with Gasteiger partial charge in [-0.2, -0.15) is 0 Å². The van der Waals surface area contributed by atoms with Crippen molar-refractivity contribution in [2.45, 2.75) is 26.0 Å². The van der Waals surface area contributed by atoms with Crippen LogP contribution >= 0.6 is 0 Å². The van der Waals surface area contributed by atoms with Crippen LogP contribution in [0.25, 0.3) is 10.8 Å². The van der Waals surface area contributed by atoms with E-state index in [0.29, 0.717) is 24.5 Å². The molecule has 0 fully saturated rings. The van der Waals surface area contributed by atoms with Crippen molar-refractivity contribution in [1.82, 2.24) is 4.90 Å². The van der Waals surface area contributed by atoms with E-state index < -0.39 is 6.23 Å². The molecule has 4 nitrogen and oxygen atoms in total. The SMILES string of the molecule is C=CCOc1ccc2c3c(cccc13)C(O)N(CCCC)C2=O. The monoisotopic (exact) mass is 311 g/mol. The van der Waals surface area contributed by atoms with Crippen molar-refractivity contribution in [3.8, 4) is 5.75 Å². The Kier molecular flexibility index (Phi) is 4.35. The average molecular weight is 311 g/mol. The third-order valence-corrected chi connectivity index (χ3v) is 4.21. The van der Waals surface area contributed by atoms with Crippen molar-refractivity contribution in [3.63, 3.8) is 0 Å². The molecular formula is C19H21NO3. The van der Waals surface area contributed by atoms with Gasteiger partial charge in [0.05, 0.1) is 0 Å². The number of aliphatic hydroxyl groups is 1. The summed E-state index contributed by atoms with van der Waals surface area (Å²) in [4.78, 5) is 14.3. The van der Waals surface area contributed by atoms with E-state index >= 15 is 0 Å². The van der Waals surface area contributed by atoms with Crippen molar-refractivity contribution in [1.29, 1.82) is 0 Å². The molecule has 3 rings (SSSR count). The van der Waals surface area contributed by atoms with Gasteiger partial charge in [-0.3, -0.25) is 4.79 Å². The first-order valence-electron chi connectivity index (χ1n) is 7.97. The number of aliphatic hydroxyl groups excluding tert-OH is 1. The van der Waals surface area contributed by atoms with Crippen LogP contribution in [0.2, 0.25) is 0 Å². The van der Waals surface area contributed by atoms with E-state index in [-0.39, 0.29) is 5.91 Å². The molecule has 1 aliphatic rings. The fourth-order valence-corrected chi connectivity index (χ4v) is 3.06. The normalized spacial score (nSPS) is 16.7. The summed E-state index contributed by atoms with van der Waals surface area (Å²) in [5, 5.41) is 12.3. The van der Waals surface area contributed by atoms with Crippen LogP contribution in [0.4, 0.5) is 0 Å². The Labute approximate surface area is 136 Å². The van der Waals surface area contributed by atoms with Crippen LogP contribution < -0.4 is 4.74 Å². The second-order valence-corrected chi connectivity index (χ2v) is 5.71. The summed E-state index contributed by atoms with van der Waals surface area (Å²) in [6.45, 7) is 6.68. The summed E-state index contributed by atoms with van der Waals surface area (Å²) < 4.78 is 5.68. The van der Waals surface area contributed by atoms with Crippen LogP contribution in [-0.4, -0.2) is 29.1 Å². The van der Waals surface area contributed by atoms with Gasteiger partial charge >= 0.3 is 0 Å². The minimum absolute atomic E-state index is 0.120. The number of carbonyl (C=O) groups is 1. The summed E-state index contributed by atoms with van der Waals surface area (Å²) in [6.07, 6.45) is 2.62. The Morgan fingerprint density at radius 3 is 2.91 bits per heavy atom. The van der Waals surface area contributed by atoms with Gasteiger partial charge in [-0.05, 0) is 18.6 Å². The van der Waals surface area contributed by atoms with Crippen molar-refractivity contribution < 1.29 is 14.6 Å². The highest BCUT2D eigenvalue weighted by Gasteiger charge is 2.32. The maximum Gasteiger partial charge on any atom is 0.256 e. The summed E-state index contributed by atoms with van der Waals surface area (Å²) in [6, 6.07) is 9.29. The van der Waals surface area contributed by atoms with Gasteiger partial charge in [0.2, 0.25) is 0 Å². The molecule has 2 aromatic rings. The first-order valence-corrected chi connectivity index (χ1v) is 7.97. The van der Waals surface area contributed by atoms with Crippen molar-refractivity contribution in [2.24, 2.45) is 0 Å². The third-order valence-electron chi connectivity index (χ3n) is 4.21. The van der Waals surface area contributed by atoms with E-state index in [9.17, 15) is 9.90 Å². The molecule has 1 atom stereocenters. The Morgan fingerprint density at radius 2 is 2.17 bits per heavy atom. The highest BCUT2D eigenvalue weighted by atomic mass is 16.5. The van der Waals surface area contributed by atoms with Gasteiger partial charge in [-0.25, -0.2) is 0 Å². The number of hydrogen-bond acceptors (Lipinski definition) is 3. The van der Waals surface area contributed by atoms with Crippen LogP contribution in [0.1, 0.15) is 41.9 Å². The molecule has 1 heterocycles. The summed E-state index contributed by atoms with van der Waals surface area (Å²) in [5.41, 5.74) is 1.39.